The average molecular weight is 385 g/mol. The summed E-state index contributed by atoms with van der Waals surface area (Å²) in [6, 6.07) is 10.6. The van der Waals surface area contributed by atoms with Gasteiger partial charge in [-0.3, -0.25) is 4.72 Å². The second-order valence-electron chi connectivity index (χ2n) is 5.75. The highest BCUT2D eigenvalue weighted by Crippen LogP contribution is 2.29. The zero-order valence-corrected chi connectivity index (χ0v) is 15.0. The SMILES string of the molecule is O=S(=O)(Cc1ccc(F)cc1)Nc1cc(N2CCOCC2)ccc1Cl. The molecular formula is C17H18ClFN2O3S. The molecule has 0 aliphatic carbocycles. The van der Waals surface area contributed by atoms with Crippen molar-refractivity contribution >= 4 is 33.0 Å². The maximum atomic E-state index is 12.9. The summed E-state index contributed by atoms with van der Waals surface area (Å²) in [4.78, 5) is 2.11. The molecule has 0 aromatic heterocycles. The molecule has 0 amide bonds. The zero-order chi connectivity index (χ0) is 17.9. The Labute approximate surface area is 151 Å². The first-order valence-corrected chi connectivity index (χ1v) is 9.83. The second-order valence-corrected chi connectivity index (χ2v) is 7.88. The fourth-order valence-corrected chi connectivity index (χ4v) is 4.04. The van der Waals surface area contributed by atoms with Crippen molar-refractivity contribution in [2.24, 2.45) is 0 Å². The van der Waals surface area contributed by atoms with E-state index in [2.05, 4.69) is 9.62 Å². The molecule has 2 aromatic rings. The number of rotatable bonds is 5. The van der Waals surface area contributed by atoms with Crippen LogP contribution in [0, 0.1) is 5.82 Å². The largest absolute Gasteiger partial charge is 0.378 e. The molecular weight excluding hydrogens is 367 g/mol. The predicted octanol–water partition coefficient (Wildman–Crippen LogP) is 3.26. The van der Waals surface area contributed by atoms with Gasteiger partial charge in [-0.15, -0.1) is 0 Å². The third-order valence-corrected chi connectivity index (χ3v) is 5.44. The number of hydrogen-bond donors (Lipinski definition) is 1. The van der Waals surface area contributed by atoms with Gasteiger partial charge in [-0.25, -0.2) is 12.8 Å². The van der Waals surface area contributed by atoms with Crippen LogP contribution in [-0.2, 0) is 20.5 Å². The van der Waals surface area contributed by atoms with E-state index in [1.165, 1.54) is 24.3 Å². The summed E-state index contributed by atoms with van der Waals surface area (Å²) in [5, 5.41) is 0.319. The van der Waals surface area contributed by atoms with E-state index in [9.17, 15) is 12.8 Å². The fourth-order valence-electron chi connectivity index (χ4n) is 2.61. The first-order chi connectivity index (χ1) is 11.9. The Hall–Kier alpha value is -1.83. The molecule has 0 spiro atoms. The molecule has 0 saturated carbocycles. The number of anilines is 2. The number of halogens is 2. The first kappa shape index (κ1) is 18.0. The Balaban J connectivity index is 1.77. The molecule has 1 aliphatic heterocycles. The Bertz CT molecular complexity index is 837. The number of sulfonamides is 1. The molecule has 0 bridgehead atoms. The van der Waals surface area contributed by atoms with E-state index in [1.807, 2.05) is 6.07 Å². The molecule has 0 radical (unpaired) electrons. The highest BCUT2D eigenvalue weighted by atomic mass is 35.5. The van der Waals surface area contributed by atoms with Crippen molar-refractivity contribution in [1.29, 1.82) is 0 Å². The minimum absolute atomic E-state index is 0.259. The molecule has 1 fully saturated rings. The van der Waals surface area contributed by atoms with Crippen molar-refractivity contribution in [2.45, 2.75) is 5.75 Å². The van der Waals surface area contributed by atoms with Gasteiger partial charge in [0.1, 0.15) is 5.82 Å². The van der Waals surface area contributed by atoms with E-state index in [4.69, 9.17) is 16.3 Å². The molecule has 134 valence electrons. The summed E-state index contributed by atoms with van der Waals surface area (Å²) in [7, 11) is -3.67. The lowest BCUT2D eigenvalue weighted by atomic mass is 10.2. The first-order valence-electron chi connectivity index (χ1n) is 7.80. The van der Waals surface area contributed by atoms with Crippen LogP contribution in [-0.4, -0.2) is 34.7 Å². The van der Waals surface area contributed by atoms with Gasteiger partial charge in [0.25, 0.3) is 0 Å². The molecule has 2 aromatic carbocycles. The summed E-state index contributed by atoms with van der Waals surface area (Å²) >= 11 is 6.15. The normalized spacial score (nSPS) is 15.2. The fraction of sp³-hybridized carbons (Fsp3) is 0.294. The summed E-state index contributed by atoms with van der Waals surface area (Å²) in [5.74, 6) is -0.666. The van der Waals surface area contributed by atoms with Crippen LogP contribution in [0.4, 0.5) is 15.8 Å². The lowest BCUT2D eigenvalue weighted by molar-refractivity contribution is 0.122. The second kappa shape index (κ2) is 7.59. The van der Waals surface area contributed by atoms with E-state index < -0.39 is 15.8 Å². The predicted molar refractivity (Wildman–Crippen MR) is 97.1 cm³/mol. The molecule has 1 aliphatic rings. The van der Waals surface area contributed by atoms with Crippen molar-refractivity contribution in [3.05, 3.63) is 58.9 Å². The maximum absolute atomic E-state index is 12.9. The zero-order valence-electron chi connectivity index (χ0n) is 13.4. The van der Waals surface area contributed by atoms with Gasteiger partial charge >= 0.3 is 0 Å². The minimum atomic E-state index is -3.67. The van der Waals surface area contributed by atoms with Crippen molar-refractivity contribution in [2.75, 3.05) is 35.9 Å². The molecule has 3 rings (SSSR count). The summed E-state index contributed by atoms with van der Waals surface area (Å²) < 4.78 is 45.6. The molecule has 8 heteroatoms. The van der Waals surface area contributed by atoms with Crippen LogP contribution < -0.4 is 9.62 Å². The van der Waals surface area contributed by atoms with Crippen molar-refractivity contribution in [1.82, 2.24) is 0 Å². The highest BCUT2D eigenvalue weighted by molar-refractivity contribution is 7.91. The van der Waals surface area contributed by atoms with Crippen molar-refractivity contribution in [3.8, 4) is 0 Å². The molecule has 0 atom stereocenters. The van der Waals surface area contributed by atoms with Crippen molar-refractivity contribution in [3.63, 3.8) is 0 Å². The lowest BCUT2D eigenvalue weighted by Gasteiger charge is -2.29. The average Bonchev–Trinajstić information content (AvgIpc) is 2.59. The van der Waals surface area contributed by atoms with Gasteiger partial charge in [-0.2, -0.15) is 0 Å². The van der Waals surface area contributed by atoms with Crippen LogP contribution in [0.1, 0.15) is 5.56 Å². The number of ether oxygens (including phenoxy) is 1. The van der Waals surface area contributed by atoms with Crippen molar-refractivity contribution < 1.29 is 17.5 Å². The highest BCUT2D eigenvalue weighted by Gasteiger charge is 2.17. The topological polar surface area (TPSA) is 58.6 Å². The van der Waals surface area contributed by atoms with Gasteiger partial charge in [0, 0.05) is 18.8 Å². The Morgan fingerprint density at radius 1 is 1.12 bits per heavy atom. The third-order valence-electron chi connectivity index (χ3n) is 3.86. The number of hydrogen-bond acceptors (Lipinski definition) is 4. The lowest BCUT2D eigenvalue weighted by Crippen LogP contribution is -2.36. The number of morpholine rings is 1. The molecule has 0 unspecified atom stereocenters. The van der Waals surface area contributed by atoms with Gasteiger partial charge in [-0.05, 0) is 35.9 Å². The monoisotopic (exact) mass is 384 g/mol. The number of nitrogens with one attached hydrogen (secondary N) is 1. The Morgan fingerprint density at radius 3 is 2.48 bits per heavy atom. The molecule has 25 heavy (non-hydrogen) atoms. The quantitative estimate of drug-likeness (QED) is 0.859. The van der Waals surface area contributed by atoms with Crippen LogP contribution in [0.3, 0.4) is 0 Å². The van der Waals surface area contributed by atoms with Crippen LogP contribution in [0.25, 0.3) is 0 Å². The van der Waals surface area contributed by atoms with E-state index >= 15 is 0 Å². The summed E-state index contributed by atoms with van der Waals surface area (Å²) in [5.41, 5.74) is 1.70. The van der Waals surface area contributed by atoms with E-state index in [-0.39, 0.29) is 5.75 Å². The maximum Gasteiger partial charge on any atom is 0.236 e. The smallest absolute Gasteiger partial charge is 0.236 e. The van der Waals surface area contributed by atoms with Crippen LogP contribution in [0.2, 0.25) is 5.02 Å². The number of benzene rings is 2. The van der Waals surface area contributed by atoms with Crippen LogP contribution in [0.15, 0.2) is 42.5 Å². The number of nitrogens with zero attached hydrogens (tertiary/aromatic N) is 1. The van der Waals surface area contributed by atoms with Gasteiger partial charge in [0.15, 0.2) is 0 Å². The van der Waals surface area contributed by atoms with Gasteiger partial charge < -0.3 is 9.64 Å². The van der Waals surface area contributed by atoms with Crippen LogP contribution in [0.5, 0.6) is 0 Å². The minimum Gasteiger partial charge on any atom is -0.378 e. The van der Waals surface area contributed by atoms with Gasteiger partial charge in [-0.1, -0.05) is 23.7 Å². The van der Waals surface area contributed by atoms with Crippen LogP contribution >= 0.6 is 11.6 Å². The van der Waals surface area contributed by atoms with E-state index in [1.54, 1.807) is 12.1 Å². The molecule has 1 N–H and O–H groups in total. The van der Waals surface area contributed by atoms with Gasteiger partial charge in [0.05, 0.1) is 29.7 Å². The summed E-state index contributed by atoms with van der Waals surface area (Å²) in [6.07, 6.45) is 0. The third kappa shape index (κ3) is 4.84. The molecule has 1 saturated heterocycles. The van der Waals surface area contributed by atoms with Gasteiger partial charge in [0.2, 0.25) is 10.0 Å². The summed E-state index contributed by atoms with van der Waals surface area (Å²) in [6.45, 7) is 2.75. The Morgan fingerprint density at radius 2 is 1.80 bits per heavy atom. The Kier molecular flexibility index (Phi) is 5.46. The van der Waals surface area contributed by atoms with E-state index in [0.29, 0.717) is 29.5 Å². The standard InChI is InChI=1S/C17H18ClFN2O3S/c18-16-6-5-15(21-7-9-24-10-8-21)11-17(16)20-25(22,23)12-13-1-3-14(19)4-2-13/h1-6,11,20H,7-10,12H2. The molecule has 5 nitrogen and oxygen atoms in total. The molecule has 1 heterocycles. The van der Waals surface area contributed by atoms with E-state index in [0.717, 1.165) is 18.8 Å².